The zero-order valence-electron chi connectivity index (χ0n) is 30.8. The minimum atomic E-state index is -1.88. The van der Waals surface area contributed by atoms with Crippen molar-refractivity contribution in [2.75, 3.05) is 6.61 Å². The van der Waals surface area contributed by atoms with Crippen LogP contribution in [0, 0.1) is 16.7 Å². The van der Waals surface area contributed by atoms with Gasteiger partial charge in [-0.1, -0.05) is 43.3 Å². The first-order valence-electron chi connectivity index (χ1n) is 17.7. The number of fused-ring (bicyclic) bond motifs is 4. The molecular weight excluding hydrogens is 688 g/mol. The molecule has 0 amide bonds. The molecule has 0 radical (unpaired) electrons. The fourth-order valence-electron chi connectivity index (χ4n) is 9.59. The van der Waals surface area contributed by atoms with Crippen LogP contribution in [0.4, 0.5) is 0 Å². The largest absolute Gasteiger partial charge is 0.459 e. The number of hydrogen-bond acceptors (Lipinski definition) is 13. The molecule has 4 aliphatic rings. The topological polar surface area (TPSA) is 181 Å². The molecule has 10 atom stereocenters. The van der Waals surface area contributed by atoms with Crippen molar-refractivity contribution < 1.29 is 62.6 Å². The summed E-state index contributed by atoms with van der Waals surface area (Å²) < 4.78 is 37.1. The number of hydrogen-bond donors (Lipinski definition) is 2. The molecule has 2 aromatic carbocycles. The summed E-state index contributed by atoms with van der Waals surface area (Å²) in [6.07, 6.45) is -8.24. The standard InChI is InChI=1S/C40H46O13/c1-21-27(49-22(2)41)19-39(37(5,6)47)30(21)31(44)33(50-23(3)42)38(7)28(51-35(45)25-14-10-8-11-15-25)18-29-40(20-48-29,53-24(4)43)32(38)34(39)52-36(46)26-16-12-9-13-17-26/h8-17,27-29,31-34,44,47H,18-20H2,1-7H3. The van der Waals surface area contributed by atoms with Gasteiger partial charge in [-0.2, -0.15) is 0 Å². The molecule has 1 aliphatic heterocycles. The molecule has 6 rings (SSSR count). The highest BCUT2D eigenvalue weighted by Gasteiger charge is 2.80. The summed E-state index contributed by atoms with van der Waals surface area (Å²) >= 11 is 0. The van der Waals surface area contributed by atoms with E-state index in [2.05, 4.69) is 0 Å². The van der Waals surface area contributed by atoms with Crippen LogP contribution in [-0.2, 0) is 42.8 Å². The third kappa shape index (κ3) is 6.12. The highest BCUT2D eigenvalue weighted by Crippen LogP contribution is 2.68. The van der Waals surface area contributed by atoms with Crippen LogP contribution in [0.2, 0.25) is 0 Å². The van der Waals surface area contributed by atoms with E-state index in [9.17, 15) is 34.2 Å². The number of ether oxygens (including phenoxy) is 6. The molecule has 1 heterocycles. The highest BCUT2D eigenvalue weighted by molar-refractivity contribution is 5.90. The molecule has 53 heavy (non-hydrogen) atoms. The molecule has 0 spiro atoms. The van der Waals surface area contributed by atoms with Crippen molar-refractivity contribution in [1.29, 1.82) is 0 Å². The zero-order chi connectivity index (χ0) is 38.7. The molecule has 2 saturated carbocycles. The second-order valence-corrected chi connectivity index (χ2v) is 15.3. The van der Waals surface area contributed by atoms with Crippen molar-refractivity contribution >= 4 is 29.8 Å². The van der Waals surface area contributed by atoms with Crippen LogP contribution >= 0.6 is 0 Å². The Morgan fingerprint density at radius 1 is 0.792 bits per heavy atom. The molecule has 13 heteroatoms. The lowest BCUT2D eigenvalue weighted by Gasteiger charge is -2.65. The number of esters is 5. The Labute approximate surface area is 307 Å². The second-order valence-electron chi connectivity index (χ2n) is 15.3. The Morgan fingerprint density at radius 2 is 1.34 bits per heavy atom. The summed E-state index contributed by atoms with van der Waals surface area (Å²) in [5.41, 5.74) is -6.15. The predicted octanol–water partition coefficient (Wildman–Crippen LogP) is 3.88. The Kier molecular flexibility index (Phi) is 9.84. The molecule has 3 aliphatic carbocycles. The fraction of sp³-hybridized carbons (Fsp3) is 0.525. The lowest BCUT2D eigenvalue weighted by Crippen LogP contribution is -2.79. The van der Waals surface area contributed by atoms with E-state index in [0.717, 1.165) is 6.92 Å². The average Bonchev–Trinajstić information content (AvgIpc) is 3.35. The van der Waals surface area contributed by atoms with Gasteiger partial charge in [0.15, 0.2) is 5.60 Å². The van der Waals surface area contributed by atoms with Gasteiger partial charge in [-0.25, -0.2) is 9.59 Å². The van der Waals surface area contributed by atoms with Gasteiger partial charge in [0.05, 0.1) is 40.1 Å². The van der Waals surface area contributed by atoms with Crippen LogP contribution in [0.1, 0.15) is 82.0 Å². The summed E-state index contributed by atoms with van der Waals surface area (Å²) in [5.74, 6) is -4.96. The van der Waals surface area contributed by atoms with Crippen molar-refractivity contribution in [2.45, 2.75) is 109 Å². The monoisotopic (exact) mass is 734 g/mol. The van der Waals surface area contributed by atoms with E-state index in [1.54, 1.807) is 74.5 Å². The van der Waals surface area contributed by atoms with Crippen molar-refractivity contribution in [3.8, 4) is 0 Å². The van der Waals surface area contributed by atoms with Crippen molar-refractivity contribution in [3.63, 3.8) is 0 Å². The van der Waals surface area contributed by atoms with Crippen molar-refractivity contribution in [3.05, 3.63) is 82.9 Å². The minimum Gasteiger partial charge on any atom is -0.459 e. The van der Waals surface area contributed by atoms with E-state index in [4.69, 9.17) is 28.4 Å². The molecule has 1 saturated heterocycles. The number of carbonyl (C=O) groups is 5. The summed E-state index contributed by atoms with van der Waals surface area (Å²) in [5, 5.41) is 25.3. The smallest absolute Gasteiger partial charge is 0.338 e. The molecule has 3 fully saturated rings. The molecule has 0 aromatic heterocycles. The van der Waals surface area contributed by atoms with E-state index in [0.29, 0.717) is 5.57 Å². The molecular formula is C40H46O13. The highest BCUT2D eigenvalue weighted by atomic mass is 16.6. The first-order valence-corrected chi connectivity index (χ1v) is 17.7. The van der Waals surface area contributed by atoms with Crippen molar-refractivity contribution in [2.24, 2.45) is 16.7 Å². The number of aliphatic hydroxyl groups excluding tert-OH is 1. The van der Waals surface area contributed by atoms with E-state index in [1.807, 2.05) is 0 Å². The number of rotatable bonds is 8. The van der Waals surface area contributed by atoms with Gasteiger partial charge in [0.1, 0.15) is 36.6 Å². The summed E-state index contributed by atoms with van der Waals surface area (Å²) in [4.78, 5) is 66.8. The van der Waals surface area contributed by atoms with Crippen LogP contribution in [0.5, 0.6) is 0 Å². The lowest BCUT2D eigenvalue weighted by atomic mass is 9.49. The number of benzene rings is 2. The predicted molar refractivity (Wildman–Crippen MR) is 185 cm³/mol. The third-order valence-corrected chi connectivity index (χ3v) is 11.8. The molecule has 10 unspecified atom stereocenters. The normalized spacial score (nSPS) is 34.5. The minimum absolute atomic E-state index is 0.0632. The van der Waals surface area contributed by atoms with E-state index in [-0.39, 0.29) is 36.1 Å². The van der Waals surface area contributed by atoms with Gasteiger partial charge in [-0.05, 0) is 56.2 Å². The van der Waals surface area contributed by atoms with E-state index < -0.39 is 94.4 Å². The summed E-state index contributed by atoms with van der Waals surface area (Å²) in [6, 6.07) is 16.3. The van der Waals surface area contributed by atoms with Gasteiger partial charge >= 0.3 is 29.8 Å². The maximum Gasteiger partial charge on any atom is 0.338 e. The van der Waals surface area contributed by atoms with E-state index in [1.165, 1.54) is 27.7 Å². The van der Waals surface area contributed by atoms with Gasteiger partial charge < -0.3 is 38.6 Å². The maximum absolute atomic E-state index is 14.3. The third-order valence-electron chi connectivity index (χ3n) is 11.8. The van der Waals surface area contributed by atoms with Crippen LogP contribution in [-0.4, -0.2) is 94.5 Å². The quantitative estimate of drug-likeness (QED) is 0.227. The Balaban J connectivity index is 1.69. The average molecular weight is 735 g/mol. The van der Waals surface area contributed by atoms with E-state index >= 15 is 0 Å². The summed E-state index contributed by atoms with van der Waals surface area (Å²) in [7, 11) is 0. The fourth-order valence-corrected chi connectivity index (χ4v) is 9.59. The van der Waals surface area contributed by atoms with Gasteiger partial charge in [0, 0.05) is 33.6 Å². The van der Waals surface area contributed by atoms with Crippen LogP contribution in [0.25, 0.3) is 0 Å². The summed E-state index contributed by atoms with van der Waals surface area (Å²) in [6.45, 7) is 9.64. The van der Waals surface area contributed by atoms with Crippen LogP contribution < -0.4 is 0 Å². The lowest BCUT2D eigenvalue weighted by molar-refractivity contribution is -0.350. The Hall–Kier alpha value is -4.59. The van der Waals surface area contributed by atoms with Gasteiger partial charge in [0.2, 0.25) is 0 Å². The number of aliphatic hydroxyl groups is 2. The molecule has 2 N–H and O–H groups in total. The molecule has 2 aromatic rings. The Bertz CT molecular complexity index is 1820. The molecule has 13 nitrogen and oxygen atoms in total. The SMILES string of the molecule is CC(=O)OC1CC2(C(C)(C)O)C(=C1C)C(O)C(OC(C)=O)C1(C)C(OC(=O)c3ccccc3)CC3OCC3(OC(C)=O)C1C2OC(=O)c1ccccc1. The van der Waals surface area contributed by atoms with Gasteiger partial charge in [0.25, 0.3) is 0 Å². The zero-order valence-corrected chi connectivity index (χ0v) is 30.8. The van der Waals surface area contributed by atoms with Crippen LogP contribution in [0.3, 0.4) is 0 Å². The molecule has 0 bridgehead atoms. The van der Waals surface area contributed by atoms with Crippen molar-refractivity contribution in [1.82, 2.24) is 0 Å². The number of carbonyl (C=O) groups excluding carboxylic acids is 5. The van der Waals surface area contributed by atoms with Crippen LogP contribution in [0.15, 0.2) is 71.8 Å². The first-order chi connectivity index (χ1) is 24.9. The first kappa shape index (κ1) is 38.1. The maximum atomic E-state index is 14.3. The Morgan fingerprint density at radius 3 is 1.81 bits per heavy atom. The van der Waals surface area contributed by atoms with Gasteiger partial charge in [-0.3, -0.25) is 14.4 Å². The van der Waals surface area contributed by atoms with Gasteiger partial charge in [-0.15, -0.1) is 0 Å². The molecule has 284 valence electrons. The second kappa shape index (κ2) is 13.7.